The van der Waals surface area contributed by atoms with Crippen LogP contribution in [0.2, 0.25) is 0 Å². The van der Waals surface area contributed by atoms with Crippen LogP contribution in [0.25, 0.3) is 0 Å². The number of nitrogens with zero attached hydrogens (tertiary/aromatic N) is 3. The summed E-state index contributed by atoms with van der Waals surface area (Å²) in [6.45, 7) is 4.13. The Kier molecular flexibility index (Phi) is 2.79. The standard InChI is InChI=1S/C8H8N4/c1-2-3-11-8-7(4-9)5-10-6-12-8/h2,5-6H,1,3H2,(H,10,11,12). The molecule has 0 saturated carbocycles. The van der Waals surface area contributed by atoms with Gasteiger partial charge < -0.3 is 5.32 Å². The molecule has 1 aromatic rings. The van der Waals surface area contributed by atoms with Gasteiger partial charge in [-0.05, 0) is 0 Å². The predicted octanol–water partition coefficient (Wildman–Crippen LogP) is 0.946. The number of rotatable bonds is 3. The average molecular weight is 160 g/mol. The second kappa shape index (κ2) is 4.09. The Bertz CT molecular complexity index is 313. The molecule has 1 aromatic heterocycles. The van der Waals surface area contributed by atoms with Gasteiger partial charge in [0.15, 0.2) is 0 Å². The number of aromatic nitrogens is 2. The molecule has 4 heteroatoms. The molecule has 0 aromatic carbocycles. The number of hydrogen-bond acceptors (Lipinski definition) is 4. The van der Waals surface area contributed by atoms with Gasteiger partial charge in [0.05, 0.1) is 6.20 Å². The Morgan fingerprint density at radius 3 is 3.25 bits per heavy atom. The fourth-order valence-electron chi connectivity index (χ4n) is 0.721. The lowest BCUT2D eigenvalue weighted by Crippen LogP contribution is -2.02. The first-order valence-electron chi connectivity index (χ1n) is 3.43. The zero-order valence-corrected chi connectivity index (χ0v) is 6.49. The van der Waals surface area contributed by atoms with E-state index in [1.54, 1.807) is 6.08 Å². The molecular weight excluding hydrogens is 152 g/mol. The summed E-state index contributed by atoms with van der Waals surface area (Å²) in [4.78, 5) is 7.62. The molecule has 12 heavy (non-hydrogen) atoms. The van der Waals surface area contributed by atoms with Gasteiger partial charge >= 0.3 is 0 Å². The van der Waals surface area contributed by atoms with Crippen LogP contribution in [0, 0.1) is 11.3 Å². The summed E-state index contributed by atoms with van der Waals surface area (Å²) in [6, 6.07) is 1.98. The molecule has 0 bridgehead atoms. The summed E-state index contributed by atoms with van der Waals surface area (Å²) in [6.07, 6.45) is 4.56. The molecule has 1 heterocycles. The maximum atomic E-state index is 8.62. The second-order valence-electron chi connectivity index (χ2n) is 2.07. The van der Waals surface area contributed by atoms with Crippen molar-refractivity contribution in [3.8, 4) is 6.07 Å². The molecular formula is C8H8N4. The lowest BCUT2D eigenvalue weighted by molar-refractivity contribution is 1.13. The Labute approximate surface area is 70.6 Å². The van der Waals surface area contributed by atoms with Crippen molar-refractivity contribution >= 4 is 5.82 Å². The van der Waals surface area contributed by atoms with E-state index >= 15 is 0 Å². The smallest absolute Gasteiger partial charge is 0.147 e. The lowest BCUT2D eigenvalue weighted by atomic mass is 10.3. The van der Waals surface area contributed by atoms with Crippen molar-refractivity contribution in [3.63, 3.8) is 0 Å². The van der Waals surface area contributed by atoms with E-state index in [1.165, 1.54) is 12.5 Å². The van der Waals surface area contributed by atoms with Crippen LogP contribution in [0.4, 0.5) is 5.82 Å². The Morgan fingerprint density at radius 2 is 2.58 bits per heavy atom. The first-order valence-corrected chi connectivity index (χ1v) is 3.43. The van der Waals surface area contributed by atoms with Crippen molar-refractivity contribution < 1.29 is 0 Å². The van der Waals surface area contributed by atoms with Gasteiger partial charge in [-0.25, -0.2) is 9.97 Å². The van der Waals surface area contributed by atoms with Gasteiger partial charge in [-0.1, -0.05) is 6.08 Å². The fraction of sp³-hybridized carbons (Fsp3) is 0.125. The lowest BCUT2D eigenvalue weighted by Gasteiger charge is -2.01. The molecule has 0 aliphatic carbocycles. The van der Waals surface area contributed by atoms with E-state index in [-0.39, 0.29) is 0 Å². The summed E-state index contributed by atoms with van der Waals surface area (Å²) in [5, 5.41) is 11.5. The number of anilines is 1. The van der Waals surface area contributed by atoms with Gasteiger partial charge in [-0.15, -0.1) is 6.58 Å². The summed E-state index contributed by atoms with van der Waals surface area (Å²) >= 11 is 0. The molecule has 0 spiro atoms. The molecule has 60 valence electrons. The predicted molar refractivity (Wildman–Crippen MR) is 45.4 cm³/mol. The zero-order chi connectivity index (χ0) is 8.81. The largest absolute Gasteiger partial charge is 0.365 e. The van der Waals surface area contributed by atoms with E-state index in [9.17, 15) is 0 Å². The Hall–Kier alpha value is -1.89. The highest BCUT2D eigenvalue weighted by Crippen LogP contribution is 2.06. The van der Waals surface area contributed by atoms with Crippen molar-refractivity contribution in [2.45, 2.75) is 0 Å². The fourth-order valence-corrected chi connectivity index (χ4v) is 0.721. The van der Waals surface area contributed by atoms with E-state index in [4.69, 9.17) is 5.26 Å². The topological polar surface area (TPSA) is 61.6 Å². The van der Waals surface area contributed by atoms with E-state index < -0.39 is 0 Å². The maximum Gasteiger partial charge on any atom is 0.147 e. The van der Waals surface area contributed by atoms with E-state index in [0.29, 0.717) is 17.9 Å². The third kappa shape index (κ3) is 1.80. The van der Waals surface area contributed by atoms with Gasteiger partial charge in [0.2, 0.25) is 0 Å². The first-order chi connectivity index (χ1) is 5.88. The van der Waals surface area contributed by atoms with Crippen LogP contribution in [0.1, 0.15) is 5.56 Å². The SMILES string of the molecule is C=CCNc1ncncc1C#N. The van der Waals surface area contributed by atoms with Crippen LogP contribution >= 0.6 is 0 Å². The molecule has 0 fully saturated rings. The molecule has 0 aliphatic rings. The molecule has 4 nitrogen and oxygen atoms in total. The second-order valence-corrected chi connectivity index (χ2v) is 2.07. The summed E-state index contributed by atoms with van der Waals surface area (Å²) in [5.74, 6) is 0.549. The number of nitrogens with one attached hydrogen (secondary N) is 1. The molecule has 0 atom stereocenters. The van der Waals surface area contributed by atoms with Crippen LogP contribution in [0.5, 0.6) is 0 Å². The van der Waals surface area contributed by atoms with Gasteiger partial charge in [-0.2, -0.15) is 5.26 Å². The van der Waals surface area contributed by atoms with E-state index in [2.05, 4.69) is 21.9 Å². The molecule has 0 aliphatic heterocycles. The van der Waals surface area contributed by atoms with Crippen LogP contribution in [0.3, 0.4) is 0 Å². The van der Waals surface area contributed by atoms with Crippen LogP contribution in [-0.2, 0) is 0 Å². The van der Waals surface area contributed by atoms with Crippen molar-refractivity contribution in [3.05, 3.63) is 30.7 Å². The quantitative estimate of drug-likeness (QED) is 0.668. The number of hydrogen-bond donors (Lipinski definition) is 1. The first kappa shape index (κ1) is 8.21. The summed E-state index contributed by atoms with van der Waals surface area (Å²) in [7, 11) is 0. The molecule has 0 amide bonds. The van der Waals surface area contributed by atoms with Crippen LogP contribution in [0.15, 0.2) is 25.2 Å². The third-order valence-corrected chi connectivity index (χ3v) is 1.25. The zero-order valence-electron chi connectivity index (χ0n) is 6.49. The number of nitriles is 1. The molecule has 0 radical (unpaired) electrons. The molecule has 0 unspecified atom stereocenters. The van der Waals surface area contributed by atoms with Gasteiger partial charge in [0.25, 0.3) is 0 Å². The normalized spacial score (nSPS) is 8.58. The maximum absolute atomic E-state index is 8.62. The van der Waals surface area contributed by atoms with Gasteiger partial charge in [-0.3, -0.25) is 0 Å². The Morgan fingerprint density at radius 1 is 1.75 bits per heavy atom. The highest BCUT2D eigenvalue weighted by Gasteiger charge is 1.99. The van der Waals surface area contributed by atoms with Crippen LogP contribution < -0.4 is 5.32 Å². The molecule has 0 saturated heterocycles. The average Bonchev–Trinajstić information content (AvgIpc) is 2.15. The highest BCUT2D eigenvalue weighted by molar-refractivity contribution is 5.49. The van der Waals surface area contributed by atoms with Crippen molar-refractivity contribution in [2.24, 2.45) is 0 Å². The van der Waals surface area contributed by atoms with Crippen molar-refractivity contribution in [1.29, 1.82) is 5.26 Å². The van der Waals surface area contributed by atoms with E-state index in [1.807, 2.05) is 6.07 Å². The minimum absolute atomic E-state index is 0.444. The van der Waals surface area contributed by atoms with Crippen molar-refractivity contribution in [2.75, 3.05) is 11.9 Å². The summed E-state index contributed by atoms with van der Waals surface area (Å²) in [5.41, 5.74) is 0.444. The van der Waals surface area contributed by atoms with Crippen LogP contribution in [-0.4, -0.2) is 16.5 Å². The summed E-state index contributed by atoms with van der Waals surface area (Å²) < 4.78 is 0. The Balaban J connectivity index is 2.83. The minimum Gasteiger partial charge on any atom is -0.365 e. The van der Waals surface area contributed by atoms with Crippen molar-refractivity contribution in [1.82, 2.24) is 9.97 Å². The monoisotopic (exact) mass is 160 g/mol. The van der Waals surface area contributed by atoms with Gasteiger partial charge in [0.1, 0.15) is 23.8 Å². The van der Waals surface area contributed by atoms with Gasteiger partial charge in [0, 0.05) is 6.54 Å². The highest BCUT2D eigenvalue weighted by atomic mass is 15.0. The molecule has 1 N–H and O–H groups in total. The van der Waals surface area contributed by atoms with E-state index in [0.717, 1.165) is 0 Å². The minimum atomic E-state index is 0.444. The third-order valence-electron chi connectivity index (χ3n) is 1.25. The molecule has 1 rings (SSSR count).